The van der Waals surface area contributed by atoms with Crippen LogP contribution in [0.15, 0.2) is 35.1 Å². The Morgan fingerprint density at radius 2 is 2.07 bits per heavy atom. The number of pyridine rings is 1. The first-order valence-corrected chi connectivity index (χ1v) is 4.14. The minimum atomic E-state index is -0.127. The Labute approximate surface area is 80.6 Å². The monoisotopic (exact) mass is 188 g/mol. The largest absolute Gasteiger partial charge is 0.433 e. The molecule has 0 N–H and O–H groups in total. The number of oxazole rings is 1. The smallest absolute Gasteiger partial charge is 0.226 e. The summed E-state index contributed by atoms with van der Waals surface area (Å²) < 4.78 is 5.24. The quantitative estimate of drug-likeness (QED) is 0.676. The van der Waals surface area contributed by atoms with E-state index in [0.717, 1.165) is 5.56 Å². The van der Waals surface area contributed by atoms with Gasteiger partial charge in [0.2, 0.25) is 5.89 Å². The van der Waals surface area contributed by atoms with Crippen LogP contribution >= 0.6 is 0 Å². The summed E-state index contributed by atoms with van der Waals surface area (Å²) in [7, 11) is 0. The van der Waals surface area contributed by atoms with Crippen molar-refractivity contribution in [3.63, 3.8) is 0 Å². The van der Waals surface area contributed by atoms with Crippen LogP contribution in [0.4, 0.5) is 0 Å². The van der Waals surface area contributed by atoms with Crippen LogP contribution in [-0.4, -0.2) is 15.8 Å². The van der Waals surface area contributed by atoms with E-state index in [1.165, 1.54) is 13.1 Å². The molecular weight excluding hydrogens is 180 g/mol. The summed E-state index contributed by atoms with van der Waals surface area (Å²) in [6, 6.07) is 3.55. The van der Waals surface area contributed by atoms with Gasteiger partial charge in [-0.15, -0.1) is 0 Å². The van der Waals surface area contributed by atoms with Crippen LogP contribution in [0.25, 0.3) is 11.5 Å². The Balaban J connectivity index is 2.39. The van der Waals surface area contributed by atoms with Gasteiger partial charge in [-0.3, -0.25) is 9.78 Å². The zero-order chi connectivity index (χ0) is 9.97. The van der Waals surface area contributed by atoms with E-state index in [2.05, 4.69) is 9.97 Å². The molecule has 0 saturated heterocycles. The van der Waals surface area contributed by atoms with Gasteiger partial charge in [-0.1, -0.05) is 0 Å². The number of Topliss-reactive ketones (excluding diaryl/α,β-unsaturated/α-hetero) is 1. The minimum Gasteiger partial charge on any atom is -0.433 e. The SMILES string of the molecule is CC(=O)c1cnc(-c2ccncc2)o1. The van der Waals surface area contributed by atoms with E-state index in [9.17, 15) is 4.79 Å². The fourth-order valence-corrected chi connectivity index (χ4v) is 1.06. The van der Waals surface area contributed by atoms with Crippen molar-refractivity contribution in [1.82, 2.24) is 9.97 Å². The Bertz CT molecular complexity index is 448. The van der Waals surface area contributed by atoms with E-state index >= 15 is 0 Å². The van der Waals surface area contributed by atoms with Gasteiger partial charge in [0.15, 0.2) is 11.5 Å². The van der Waals surface area contributed by atoms with E-state index in [0.29, 0.717) is 5.89 Å². The highest BCUT2D eigenvalue weighted by atomic mass is 16.4. The minimum absolute atomic E-state index is 0.127. The maximum Gasteiger partial charge on any atom is 0.226 e. The molecule has 14 heavy (non-hydrogen) atoms. The topological polar surface area (TPSA) is 56.0 Å². The second-order valence-electron chi connectivity index (χ2n) is 2.82. The molecular formula is C10H8N2O2. The van der Waals surface area contributed by atoms with Crippen LogP contribution in [0.2, 0.25) is 0 Å². The number of hydrogen-bond donors (Lipinski definition) is 0. The van der Waals surface area contributed by atoms with Crippen molar-refractivity contribution < 1.29 is 9.21 Å². The van der Waals surface area contributed by atoms with Gasteiger partial charge in [0.05, 0.1) is 6.20 Å². The first-order valence-electron chi connectivity index (χ1n) is 4.14. The first kappa shape index (κ1) is 8.62. The Kier molecular flexibility index (Phi) is 2.10. The van der Waals surface area contributed by atoms with E-state index < -0.39 is 0 Å². The lowest BCUT2D eigenvalue weighted by Gasteiger charge is -1.92. The number of hydrogen-bond acceptors (Lipinski definition) is 4. The fraction of sp³-hybridized carbons (Fsp3) is 0.100. The summed E-state index contributed by atoms with van der Waals surface area (Å²) in [4.78, 5) is 18.8. The summed E-state index contributed by atoms with van der Waals surface area (Å²) in [6.45, 7) is 1.44. The highest BCUT2D eigenvalue weighted by Crippen LogP contribution is 2.17. The lowest BCUT2D eigenvalue weighted by atomic mass is 10.3. The van der Waals surface area contributed by atoms with Crippen LogP contribution in [-0.2, 0) is 0 Å². The molecule has 70 valence electrons. The van der Waals surface area contributed by atoms with Gasteiger partial charge in [-0.2, -0.15) is 0 Å². The highest BCUT2D eigenvalue weighted by Gasteiger charge is 2.08. The van der Waals surface area contributed by atoms with Gasteiger partial charge < -0.3 is 4.42 Å². The van der Waals surface area contributed by atoms with Gasteiger partial charge in [0, 0.05) is 24.9 Å². The van der Waals surface area contributed by atoms with Crippen molar-refractivity contribution in [2.75, 3.05) is 0 Å². The molecule has 0 unspecified atom stereocenters. The van der Waals surface area contributed by atoms with Crippen molar-refractivity contribution >= 4 is 5.78 Å². The number of nitrogens with zero attached hydrogens (tertiary/aromatic N) is 2. The maximum absolute atomic E-state index is 10.9. The highest BCUT2D eigenvalue weighted by molar-refractivity contribution is 5.91. The van der Waals surface area contributed by atoms with E-state index in [1.807, 2.05) is 0 Å². The molecule has 0 atom stereocenters. The van der Waals surface area contributed by atoms with Crippen LogP contribution in [0, 0.1) is 0 Å². The molecule has 2 aromatic heterocycles. The zero-order valence-corrected chi connectivity index (χ0v) is 7.60. The molecule has 0 aliphatic heterocycles. The molecule has 0 radical (unpaired) electrons. The lowest BCUT2D eigenvalue weighted by Crippen LogP contribution is -1.86. The molecule has 4 nitrogen and oxygen atoms in total. The van der Waals surface area contributed by atoms with Crippen molar-refractivity contribution in [3.05, 3.63) is 36.5 Å². The standard InChI is InChI=1S/C10H8N2O2/c1-7(13)9-6-12-10(14-9)8-2-4-11-5-3-8/h2-6H,1H3. The van der Waals surface area contributed by atoms with Crippen LogP contribution in [0.1, 0.15) is 17.5 Å². The Hall–Kier alpha value is -1.97. The van der Waals surface area contributed by atoms with Gasteiger partial charge in [0.1, 0.15) is 0 Å². The van der Waals surface area contributed by atoms with Gasteiger partial charge in [-0.05, 0) is 12.1 Å². The molecule has 0 aliphatic rings. The molecule has 0 spiro atoms. The predicted octanol–water partition coefficient (Wildman–Crippen LogP) is 1.94. The van der Waals surface area contributed by atoms with Crippen molar-refractivity contribution in [2.24, 2.45) is 0 Å². The third-order valence-electron chi connectivity index (χ3n) is 1.78. The molecule has 2 aromatic rings. The predicted molar refractivity (Wildman–Crippen MR) is 49.7 cm³/mol. The third kappa shape index (κ3) is 1.54. The van der Waals surface area contributed by atoms with Crippen molar-refractivity contribution in [3.8, 4) is 11.5 Å². The third-order valence-corrected chi connectivity index (χ3v) is 1.78. The summed E-state index contributed by atoms with van der Waals surface area (Å²) in [5, 5.41) is 0. The molecule has 0 amide bonds. The summed E-state index contributed by atoms with van der Waals surface area (Å²) in [5.74, 6) is 0.590. The average Bonchev–Trinajstić information content (AvgIpc) is 2.68. The number of rotatable bonds is 2. The fourth-order valence-electron chi connectivity index (χ4n) is 1.06. The lowest BCUT2D eigenvalue weighted by molar-refractivity contribution is 0.0988. The summed E-state index contributed by atoms with van der Waals surface area (Å²) in [5.41, 5.74) is 0.813. The number of carbonyl (C=O) groups excluding carboxylic acids is 1. The number of aromatic nitrogens is 2. The van der Waals surface area contributed by atoms with Crippen LogP contribution < -0.4 is 0 Å². The Morgan fingerprint density at radius 1 is 1.36 bits per heavy atom. The van der Waals surface area contributed by atoms with Crippen LogP contribution in [0.5, 0.6) is 0 Å². The van der Waals surface area contributed by atoms with Crippen LogP contribution in [0.3, 0.4) is 0 Å². The molecule has 4 heteroatoms. The normalized spacial score (nSPS) is 10.1. The Morgan fingerprint density at radius 3 is 2.64 bits per heavy atom. The molecule has 0 aliphatic carbocycles. The van der Waals surface area contributed by atoms with Crippen molar-refractivity contribution in [2.45, 2.75) is 6.92 Å². The molecule has 2 rings (SSSR count). The molecule has 0 saturated carbocycles. The second kappa shape index (κ2) is 3.41. The molecule has 0 fully saturated rings. The van der Waals surface area contributed by atoms with Gasteiger partial charge in [-0.25, -0.2) is 4.98 Å². The second-order valence-corrected chi connectivity index (χ2v) is 2.82. The number of carbonyl (C=O) groups is 1. The summed E-state index contributed by atoms with van der Waals surface area (Å²) >= 11 is 0. The van der Waals surface area contributed by atoms with Gasteiger partial charge in [0.25, 0.3) is 0 Å². The first-order chi connectivity index (χ1) is 6.77. The molecule has 0 aromatic carbocycles. The number of ketones is 1. The van der Waals surface area contributed by atoms with E-state index in [-0.39, 0.29) is 11.5 Å². The molecule has 2 heterocycles. The van der Waals surface area contributed by atoms with Crippen molar-refractivity contribution in [1.29, 1.82) is 0 Å². The van der Waals surface area contributed by atoms with E-state index in [1.54, 1.807) is 24.5 Å². The van der Waals surface area contributed by atoms with Gasteiger partial charge >= 0.3 is 0 Å². The molecule has 0 bridgehead atoms. The zero-order valence-electron chi connectivity index (χ0n) is 7.60. The van der Waals surface area contributed by atoms with E-state index in [4.69, 9.17) is 4.42 Å². The maximum atomic E-state index is 10.9. The summed E-state index contributed by atoms with van der Waals surface area (Å²) in [6.07, 6.45) is 4.72. The average molecular weight is 188 g/mol.